The lowest BCUT2D eigenvalue weighted by molar-refractivity contribution is 0.413. The zero-order valence-electron chi connectivity index (χ0n) is 10.4. The van der Waals surface area contributed by atoms with Gasteiger partial charge in [-0.2, -0.15) is 0 Å². The van der Waals surface area contributed by atoms with Crippen molar-refractivity contribution in [2.75, 3.05) is 25.7 Å². The summed E-state index contributed by atoms with van der Waals surface area (Å²) < 4.78 is 28.4. The summed E-state index contributed by atoms with van der Waals surface area (Å²) in [6.07, 6.45) is 0. The number of ether oxygens (including phenoxy) is 1. The highest BCUT2D eigenvalue weighted by Crippen LogP contribution is 2.20. The lowest BCUT2D eigenvalue weighted by Crippen LogP contribution is -2.26. The first-order valence-corrected chi connectivity index (χ1v) is 7.36. The molecule has 4 nitrogen and oxygen atoms in total. The second-order valence-corrected chi connectivity index (χ2v) is 6.21. The molecule has 1 unspecified atom stereocenters. The zero-order valence-corrected chi connectivity index (χ0v) is 11.3. The van der Waals surface area contributed by atoms with Gasteiger partial charge in [-0.05, 0) is 24.7 Å². The minimum atomic E-state index is -3.00. The standard InChI is InChI=1S/C12H19NO3S/c1-4-17(14,15)9-12(13-2)10-6-5-7-11(8-10)16-3/h5-8,12-13H,4,9H2,1-3H3. The Balaban J connectivity index is 2.93. The van der Waals surface area contributed by atoms with Gasteiger partial charge in [0.05, 0.1) is 12.9 Å². The van der Waals surface area contributed by atoms with Gasteiger partial charge in [-0.3, -0.25) is 0 Å². The van der Waals surface area contributed by atoms with Crippen molar-refractivity contribution in [3.8, 4) is 5.75 Å². The average Bonchev–Trinajstić information content (AvgIpc) is 2.36. The van der Waals surface area contributed by atoms with Gasteiger partial charge < -0.3 is 10.1 Å². The number of nitrogens with one attached hydrogen (secondary N) is 1. The van der Waals surface area contributed by atoms with Crippen molar-refractivity contribution in [1.29, 1.82) is 0 Å². The molecule has 1 atom stereocenters. The fourth-order valence-corrected chi connectivity index (χ4v) is 2.68. The van der Waals surface area contributed by atoms with Gasteiger partial charge >= 0.3 is 0 Å². The summed E-state index contributed by atoms with van der Waals surface area (Å²) in [6.45, 7) is 1.66. The first-order valence-electron chi connectivity index (χ1n) is 5.54. The summed E-state index contributed by atoms with van der Waals surface area (Å²) in [5, 5.41) is 3.03. The van der Waals surface area contributed by atoms with E-state index in [0.717, 1.165) is 11.3 Å². The third kappa shape index (κ3) is 4.02. The summed E-state index contributed by atoms with van der Waals surface area (Å²) in [5.41, 5.74) is 0.920. The number of hydrogen-bond donors (Lipinski definition) is 1. The predicted molar refractivity (Wildman–Crippen MR) is 69.1 cm³/mol. The molecule has 0 aliphatic rings. The topological polar surface area (TPSA) is 55.4 Å². The van der Waals surface area contributed by atoms with Gasteiger partial charge in [-0.15, -0.1) is 0 Å². The highest BCUT2D eigenvalue weighted by molar-refractivity contribution is 7.91. The van der Waals surface area contributed by atoms with Gasteiger partial charge in [0, 0.05) is 11.8 Å². The van der Waals surface area contributed by atoms with Crippen LogP contribution in [0.2, 0.25) is 0 Å². The Kier molecular flexibility index (Phi) is 4.96. The van der Waals surface area contributed by atoms with Gasteiger partial charge in [-0.1, -0.05) is 19.1 Å². The second kappa shape index (κ2) is 6.02. The molecule has 0 aliphatic heterocycles. The third-order valence-electron chi connectivity index (χ3n) is 2.71. The predicted octanol–water partition coefficient (Wildman–Crippen LogP) is 1.39. The van der Waals surface area contributed by atoms with Crippen molar-refractivity contribution in [1.82, 2.24) is 5.32 Å². The van der Waals surface area contributed by atoms with Crippen LogP contribution in [0.1, 0.15) is 18.5 Å². The summed E-state index contributed by atoms with van der Waals surface area (Å²) in [6, 6.07) is 7.25. The Hall–Kier alpha value is -1.07. The molecule has 0 spiro atoms. The minimum absolute atomic E-state index is 0.104. The van der Waals surface area contributed by atoms with Gasteiger partial charge in [0.2, 0.25) is 0 Å². The Bertz CT molecular complexity index is 457. The van der Waals surface area contributed by atoms with Crippen LogP contribution in [0.15, 0.2) is 24.3 Å². The molecule has 1 N–H and O–H groups in total. The highest BCUT2D eigenvalue weighted by atomic mass is 32.2. The number of methoxy groups -OCH3 is 1. The minimum Gasteiger partial charge on any atom is -0.497 e. The van der Waals surface area contributed by atoms with Gasteiger partial charge in [0.1, 0.15) is 5.75 Å². The van der Waals surface area contributed by atoms with Crippen molar-refractivity contribution < 1.29 is 13.2 Å². The normalized spacial score (nSPS) is 13.4. The van der Waals surface area contributed by atoms with Crippen LogP contribution in [0.5, 0.6) is 5.75 Å². The van der Waals surface area contributed by atoms with Gasteiger partial charge in [-0.25, -0.2) is 8.42 Å². The fourth-order valence-electron chi connectivity index (χ4n) is 1.58. The van der Waals surface area contributed by atoms with Crippen LogP contribution in [0.25, 0.3) is 0 Å². The van der Waals surface area contributed by atoms with Crippen molar-refractivity contribution in [3.05, 3.63) is 29.8 Å². The van der Waals surface area contributed by atoms with E-state index in [-0.39, 0.29) is 17.5 Å². The van der Waals surface area contributed by atoms with Crippen LogP contribution in [-0.2, 0) is 9.84 Å². The maximum absolute atomic E-state index is 11.6. The van der Waals surface area contributed by atoms with E-state index < -0.39 is 9.84 Å². The van der Waals surface area contributed by atoms with Crippen LogP contribution in [0.4, 0.5) is 0 Å². The smallest absolute Gasteiger partial charge is 0.151 e. The van der Waals surface area contributed by atoms with E-state index in [4.69, 9.17) is 4.74 Å². The molecule has 5 heteroatoms. The second-order valence-electron chi connectivity index (χ2n) is 3.82. The van der Waals surface area contributed by atoms with E-state index in [1.807, 2.05) is 24.3 Å². The molecular formula is C12H19NO3S. The molecule has 0 saturated heterocycles. The molecule has 1 aromatic carbocycles. The lowest BCUT2D eigenvalue weighted by atomic mass is 10.1. The van der Waals surface area contributed by atoms with Crippen molar-refractivity contribution in [2.24, 2.45) is 0 Å². The molecule has 17 heavy (non-hydrogen) atoms. The third-order valence-corrected chi connectivity index (χ3v) is 4.43. The number of hydrogen-bond acceptors (Lipinski definition) is 4. The molecule has 96 valence electrons. The fraction of sp³-hybridized carbons (Fsp3) is 0.500. The Morgan fingerprint density at radius 2 is 2.12 bits per heavy atom. The van der Waals surface area contributed by atoms with Crippen molar-refractivity contribution >= 4 is 9.84 Å². The van der Waals surface area contributed by atoms with E-state index in [1.165, 1.54) is 0 Å². The number of benzene rings is 1. The summed E-state index contributed by atoms with van der Waals surface area (Å²) in [7, 11) is 0.351. The average molecular weight is 257 g/mol. The lowest BCUT2D eigenvalue weighted by Gasteiger charge is -2.17. The molecule has 0 heterocycles. The Morgan fingerprint density at radius 3 is 2.65 bits per heavy atom. The maximum Gasteiger partial charge on any atom is 0.151 e. The van der Waals surface area contributed by atoms with Crippen molar-refractivity contribution in [3.63, 3.8) is 0 Å². The zero-order chi connectivity index (χ0) is 12.9. The van der Waals surface area contributed by atoms with Gasteiger partial charge in [0.15, 0.2) is 9.84 Å². The molecule has 1 aromatic rings. The highest BCUT2D eigenvalue weighted by Gasteiger charge is 2.18. The quantitative estimate of drug-likeness (QED) is 0.836. The first kappa shape index (κ1) is 14.0. The molecule has 0 fully saturated rings. The van der Waals surface area contributed by atoms with E-state index >= 15 is 0 Å². The van der Waals surface area contributed by atoms with E-state index in [2.05, 4.69) is 5.32 Å². The molecule has 0 aliphatic carbocycles. The number of sulfone groups is 1. The van der Waals surface area contributed by atoms with Crippen LogP contribution >= 0.6 is 0 Å². The monoisotopic (exact) mass is 257 g/mol. The van der Waals surface area contributed by atoms with Crippen LogP contribution in [-0.4, -0.2) is 34.1 Å². The van der Waals surface area contributed by atoms with E-state index in [9.17, 15) is 8.42 Å². The van der Waals surface area contributed by atoms with Crippen molar-refractivity contribution in [2.45, 2.75) is 13.0 Å². The largest absolute Gasteiger partial charge is 0.497 e. The van der Waals surface area contributed by atoms with Crippen LogP contribution in [0, 0.1) is 0 Å². The van der Waals surface area contributed by atoms with E-state index in [1.54, 1.807) is 21.1 Å². The van der Waals surface area contributed by atoms with E-state index in [0.29, 0.717) is 0 Å². The summed E-state index contributed by atoms with van der Waals surface area (Å²) in [5.74, 6) is 0.999. The summed E-state index contributed by atoms with van der Waals surface area (Å²) >= 11 is 0. The van der Waals surface area contributed by atoms with Crippen LogP contribution < -0.4 is 10.1 Å². The Labute approximate surface area is 103 Å². The first-order chi connectivity index (χ1) is 8.02. The summed E-state index contributed by atoms with van der Waals surface area (Å²) in [4.78, 5) is 0. The molecule has 0 bridgehead atoms. The molecule has 1 rings (SSSR count). The Morgan fingerprint density at radius 1 is 1.41 bits per heavy atom. The van der Waals surface area contributed by atoms with Crippen LogP contribution in [0.3, 0.4) is 0 Å². The molecular weight excluding hydrogens is 238 g/mol. The van der Waals surface area contributed by atoms with Gasteiger partial charge in [0.25, 0.3) is 0 Å². The molecule has 0 saturated carbocycles. The SMILES string of the molecule is CCS(=O)(=O)CC(NC)c1cccc(OC)c1. The molecule has 0 aromatic heterocycles. The molecule has 0 amide bonds. The maximum atomic E-state index is 11.6. The molecule has 0 radical (unpaired) electrons. The number of rotatable bonds is 6.